The van der Waals surface area contributed by atoms with Crippen LogP contribution in [-0.2, 0) is 13.1 Å². The molecule has 3 nitrogen and oxygen atoms in total. The highest BCUT2D eigenvalue weighted by atomic mass is 19.3. The maximum absolute atomic E-state index is 13.1. The third kappa shape index (κ3) is 2.83. The van der Waals surface area contributed by atoms with Gasteiger partial charge in [0.05, 0.1) is 0 Å². The number of alkyl halides is 2. The molecule has 0 radical (unpaired) electrons. The molecular weight excluding hydrogens is 260 g/mol. The lowest BCUT2D eigenvalue weighted by Crippen LogP contribution is -2.38. The Kier molecular flexibility index (Phi) is 3.48. The van der Waals surface area contributed by atoms with E-state index in [2.05, 4.69) is 16.0 Å². The summed E-state index contributed by atoms with van der Waals surface area (Å²) in [4.78, 5) is 5.43. The van der Waals surface area contributed by atoms with Crippen LogP contribution in [0.15, 0.2) is 24.3 Å². The Morgan fingerprint density at radius 2 is 1.95 bits per heavy atom. The van der Waals surface area contributed by atoms with Crippen molar-refractivity contribution in [2.75, 3.05) is 13.1 Å². The minimum Gasteiger partial charge on any atom is -0.357 e. The van der Waals surface area contributed by atoms with Gasteiger partial charge in [-0.05, 0) is 23.1 Å². The van der Waals surface area contributed by atoms with E-state index >= 15 is 0 Å². The van der Waals surface area contributed by atoms with E-state index in [1.807, 2.05) is 18.2 Å². The number of nitrogens with two attached hydrogens (primary N) is 1. The largest absolute Gasteiger partial charge is 0.357 e. The van der Waals surface area contributed by atoms with Gasteiger partial charge in [-0.1, -0.05) is 12.1 Å². The van der Waals surface area contributed by atoms with Crippen LogP contribution in [0, 0.1) is 0 Å². The molecule has 0 bridgehead atoms. The lowest BCUT2D eigenvalue weighted by atomic mass is 10.1. The molecule has 20 heavy (non-hydrogen) atoms. The van der Waals surface area contributed by atoms with Crippen molar-refractivity contribution in [2.45, 2.75) is 31.9 Å². The molecule has 5 heteroatoms. The molecule has 0 unspecified atom stereocenters. The van der Waals surface area contributed by atoms with Crippen LogP contribution in [0.3, 0.4) is 0 Å². The summed E-state index contributed by atoms with van der Waals surface area (Å²) in [6.07, 6.45) is -0.0743. The predicted molar refractivity (Wildman–Crippen MR) is 75.6 cm³/mol. The Morgan fingerprint density at radius 3 is 2.65 bits per heavy atom. The summed E-state index contributed by atoms with van der Waals surface area (Å²) in [5, 5.41) is 1.14. The van der Waals surface area contributed by atoms with Crippen molar-refractivity contribution in [1.29, 1.82) is 0 Å². The van der Waals surface area contributed by atoms with Gasteiger partial charge < -0.3 is 10.7 Å². The summed E-state index contributed by atoms with van der Waals surface area (Å²) in [6.45, 7) is 2.13. The average molecular weight is 279 g/mol. The first-order valence-corrected chi connectivity index (χ1v) is 6.96. The van der Waals surface area contributed by atoms with Crippen LogP contribution < -0.4 is 5.73 Å². The van der Waals surface area contributed by atoms with Gasteiger partial charge in [0, 0.05) is 50.2 Å². The summed E-state index contributed by atoms with van der Waals surface area (Å²) < 4.78 is 26.2. The molecule has 0 atom stereocenters. The molecule has 1 aliphatic rings. The van der Waals surface area contributed by atoms with E-state index in [0.29, 0.717) is 26.2 Å². The number of aromatic amines is 1. The van der Waals surface area contributed by atoms with E-state index in [1.165, 1.54) is 0 Å². The molecule has 3 N–H and O–H groups in total. The number of nitrogens with one attached hydrogen (secondary N) is 1. The first-order valence-electron chi connectivity index (χ1n) is 6.96. The second kappa shape index (κ2) is 5.14. The second-order valence-corrected chi connectivity index (χ2v) is 5.55. The number of piperidine rings is 1. The van der Waals surface area contributed by atoms with Crippen LogP contribution in [0.1, 0.15) is 24.1 Å². The van der Waals surface area contributed by atoms with Crippen LogP contribution in [-0.4, -0.2) is 28.9 Å². The fraction of sp³-hybridized carbons (Fsp3) is 0.467. The Hall–Kier alpha value is -1.46. The Balaban J connectivity index is 1.72. The molecule has 0 spiro atoms. The van der Waals surface area contributed by atoms with Crippen LogP contribution in [0.2, 0.25) is 0 Å². The van der Waals surface area contributed by atoms with Gasteiger partial charge in [0.25, 0.3) is 5.92 Å². The monoisotopic (exact) mass is 279 g/mol. The SMILES string of the molecule is NCc1ccc2cc(CN3CCC(F)(F)CC3)[nH]c2c1. The minimum absolute atomic E-state index is 0.0372. The number of halogens is 2. The maximum Gasteiger partial charge on any atom is 0.250 e. The maximum atomic E-state index is 13.1. The van der Waals surface area contributed by atoms with Gasteiger partial charge in [-0.25, -0.2) is 8.78 Å². The zero-order chi connectivity index (χ0) is 14.2. The van der Waals surface area contributed by atoms with Crippen molar-refractivity contribution in [3.8, 4) is 0 Å². The van der Waals surface area contributed by atoms with Crippen molar-refractivity contribution >= 4 is 10.9 Å². The van der Waals surface area contributed by atoms with Crippen molar-refractivity contribution in [2.24, 2.45) is 5.73 Å². The summed E-state index contributed by atoms with van der Waals surface area (Å²) in [6, 6.07) is 8.19. The minimum atomic E-state index is -2.48. The van der Waals surface area contributed by atoms with Crippen LogP contribution in [0.4, 0.5) is 8.78 Å². The van der Waals surface area contributed by atoms with Gasteiger partial charge in [0.2, 0.25) is 0 Å². The first-order chi connectivity index (χ1) is 9.55. The molecule has 0 aliphatic carbocycles. The van der Waals surface area contributed by atoms with Crippen LogP contribution in [0.5, 0.6) is 0 Å². The van der Waals surface area contributed by atoms with E-state index in [4.69, 9.17) is 5.73 Å². The van der Waals surface area contributed by atoms with Crippen molar-refractivity contribution in [1.82, 2.24) is 9.88 Å². The molecule has 1 aromatic heterocycles. The summed E-state index contributed by atoms with van der Waals surface area (Å²) in [5.41, 5.74) is 8.85. The van der Waals surface area contributed by atoms with Gasteiger partial charge in [-0.3, -0.25) is 4.90 Å². The smallest absolute Gasteiger partial charge is 0.250 e. The number of fused-ring (bicyclic) bond motifs is 1. The van der Waals surface area contributed by atoms with Gasteiger partial charge >= 0.3 is 0 Å². The topological polar surface area (TPSA) is 45.0 Å². The fourth-order valence-electron chi connectivity index (χ4n) is 2.73. The van der Waals surface area contributed by atoms with Crippen LogP contribution >= 0.6 is 0 Å². The summed E-state index contributed by atoms with van der Waals surface area (Å²) in [5.74, 6) is -2.48. The molecule has 1 saturated heterocycles. The predicted octanol–water partition coefficient (Wildman–Crippen LogP) is 2.86. The molecule has 3 rings (SSSR count). The zero-order valence-corrected chi connectivity index (χ0v) is 11.3. The van der Waals surface area contributed by atoms with E-state index < -0.39 is 5.92 Å². The number of aromatic nitrogens is 1. The highest BCUT2D eigenvalue weighted by molar-refractivity contribution is 5.81. The molecule has 0 saturated carbocycles. The van der Waals surface area contributed by atoms with E-state index in [1.54, 1.807) is 0 Å². The highest BCUT2D eigenvalue weighted by Crippen LogP contribution is 2.28. The molecular formula is C15H19F2N3. The lowest BCUT2D eigenvalue weighted by Gasteiger charge is -2.31. The zero-order valence-electron chi connectivity index (χ0n) is 11.3. The second-order valence-electron chi connectivity index (χ2n) is 5.55. The molecule has 0 amide bonds. The Labute approximate surface area is 116 Å². The Morgan fingerprint density at radius 1 is 1.20 bits per heavy atom. The number of hydrogen-bond donors (Lipinski definition) is 2. The van der Waals surface area contributed by atoms with Gasteiger partial charge in [-0.15, -0.1) is 0 Å². The first kappa shape index (κ1) is 13.5. The number of rotatable bonds is 3. The quantitative estimate of drug-likeness (QED) is 0.907. The fourth-order valence-corrected chi connectivity index (χ4v) is 2.73. The standard InChI is InChI=1S/C15H19F2N3/c16-15(17)3-5-20(6-4-15)10-13-8-12-2-1-11(9-18)7-14(12)19-13/h1-2,7-8,19H,3-6,9-10,18H2. The van der Waals surface area contributed by atoms with Gasteiger partial charge in [-0.2, -0.15) is 0 Å². The van der Waals surface area contributed by atoms with E-state index in [9.17, 15) is 8.78 Å². The molecule has 2 heterocycles. The molecule has 1 aromatic carbocycles. The molecule has 1 aliphatic heterocycles. The molecule has 2 aromatic rings. The third-order valence-electron chi connectivity index (χ3n) is 3.96. The number of hydrogen-bond acceptors (Lipinski definition) is 2. The average Bonchev–Trinajstić information content (AvgIpc) is 2.82. The van der Waals surface area contributed by atoms with E-state index in [0.717, 1.165) is 22.2 Å². The molecule has 108 valence electrons. The number of benzene rings is 1. The number of H-pyrrole nitrogens is 1. The summed E-state index contributed by atoms with van der Waals surface area (Å²) >= 11 is 0. The molecule has 1 fully saturated rings. The normalized spacial score (nSPS) is 19.6. The number of likely N-dealkylation sites (tertiary alicyclic amines) is 1. The highest BCUT2D eigenvalue weighted by Gasteiger charge is 2.33. The van der Waals surface area contributed by atoms with Gasteiger partial charge in [0.1, 0.15) is 0 Å². The third-order valence-corrected chi connectivity index (χ3v) is 3.96. The Bertz CT molecular complexity index is 596. The number of nitrogens with zero attached hydrogens (tertiary/aromatic N) is 1. The van der Waals surface area contributed by atoms with Crippen molar-refractivity contribution < 1.29 is 8.78 Å². The van der Waals surface area contributed by atoms with Crippen LogP contribution in [0.25, 0.3) is 10.9 Å². The summed E-state index contributed by atoms with van der Waals surface area (Å²) in [7, 11) is 0. The van der Waals surface area contributed by atoms with Crippen molar-refractivity contribution in [3.63, 3.8) is 0 Å². The van der Waals surface area contributed by atoms with Crippen molar-refractivity contribution in [3.05, 3.63) is 35.5 Å². The van der Waals surface area contributed by atoms with Gasteiger partial charge in [0.15, 0.2) is 0 Å². The lowest BCUT2D eigenvalue weighted by molar-refractivity contribution is -0.0568. The van der Waals surface area contributed by atoms with E-state index in [-0.39, 0.29) is 12.8 Å².